The van der Waals surface area contributed by atoms with Crippen molar-refractivity contribution in [3.05, 3.63) is 76.1 Å². The zero-order chi connectivity index (χ0) is 29.3. The summed E-state index contributed by atoms with van der Waals surface area (Å²) in [4.78, 5) is 11.8. The van der Waals surface area contributed by atoms with Crippen molar-refractivity contribution in [1.82, 2.24) is 0 Å². The lowest BCUT2D eigenvalue weighted by atomic mass is 9.90. The molecule has 0 unspecified atom stereocenters. The van der Waals surface area contributed by atoms with Crippen LogP contribution in [0, 0.1) is 25.1 Å². The number of methoxy groups -OCH3 is 1. The SMILES string of the molecule is COC(=O)C[C@@H]1COc2cc(O[C@@H]3CCc4c(-c5c(C)cc(OCC(C)(C)CSC)cc5C)ccc(F)c43)ccc21. The Balaban J connectivity index is 1.37. The molecule has 0 fully saturated rings. The van der Waals surface area contributed by atoms with Gasteiger partial charge in [0.2, 0.25) is 0 Å². The minimum atomic E-state index is -0.392. The Labute approximate surface area is 246 Å². The molecular formula is C34H39FO5S. The van der Waals surface area contributed by atoms with Crippen molar-refractivity contribution in [3.8, 4) is 28.4 Å². The number of aryl methyl sites for hydroxylation is 2. The summed E-state index contributed by atoms with van der Waals surface area (Å²) < 4.78 is 38.6. The monoisotopic (exact) mass is 578 g/mol. The Kier molecular flexibility index (Phi) is 8.55. The smallest absolute Gasteiger partial charge is 0.306 e. The van der Waals surface area contributed by atoms with Gasteiger partial charge in [-0.05, 0) is 85.0 Å². The molecule has 0 spiro atoms. The van der Waals surface area contributed by atoms with Gasteiger partial charge in [0.05, 0.1) is 26.7 Å². The number of ether oxygens (including phenoxy) is 4. The van der Waals surface area contributed by atoms with Gasteiger partial charge in [0, 0.05) is 34.3 Å². The fourth-order valence-corrected chi connectivity index (χ4v) is 6.98. The Morgan fingerprint density at radius 2 is 1.85 bits per heavy atom. The van der Waals surface area contributed by atoms with Crippen LogP contribution in [0.15, 0.2) is 42.5 Å². The largest absolute Gasteiger partial charge is 0.493 e. The quantitative estimate of drug-likeness (QED) is 0.227. The summed E-state index contributed by atoms with van der Waals surface area (Å²) in [5.74, 6) is 2.69. The molecule has 0 N–H and O–H groups in total. The van der Waals surface area contributed by atoms with Crippen molar-refractivity contribution in [2.45, 2.75) is 59.0 Å². The van der Waals surface area contributed by atoms with Crippen molar-refractivity contribution in [3.63, 3.8) is 0 Å². The summed E-state index contributed by atoms with van der Waals surface area (Å²) in [7, 11) is 1.39. The predicted molar refractivity (Wildman–Crippen MR) is 162 cm³/mol. The van der Waals surface area contributed by atoms with Gasteiger partial charge in [-0.15, -0.1) is 0 Å². The molecule has 1 aliphatic carbocycles. The first kappa shape index (κ1) is 29.3. The van der Waals surface area contributed by atoms with Gasteiger partial charge in [-0.2, -0.15) is 11.8 Å². The lowest BCUT2D eigenvalue weighted by molar-refractivity contribution is -0.141. The van der Waals surface area contributed by atoms with Crippen molar-refractivity contribution in [2.24, 2.45) is 5.41 Å². The number of rotatable bonds is 10. The minimum absolute atomic E-state index is 0.0381. The molecule has 3 aromatic carbocycles. The highest BCUT2D eigenvalue weighted by molar-refractivity contribution is 7.98. The Morgan fingerprint density at radius 3 is 2.56 bits per heavy atom. The molecule has 2 atom stereocenters. The van der Waals surface area contributed by atoms with Crippen molar-refractivity contribution < 1.29 is 28.1 Å². The van der Waals surface area contributed by atoms with Crippen molar-refractivity contribution in [1.29, 1.82) is 0 Å². The first-order valence-corrected chi connectivity index (χ1v) is 15.5. The average Bonchev–Trinajstić information content (AvgIpc) is 3.53. The van der Waals surface area contributed by atoms with Crippen molar-refractivity contribution in [2.75, 3.05) is 32.3 Å². The number of benzene rings is 3. The molecule has 0 saturated heterocycles. The third-order valence-corrected chi connectivity index (χ3v) is 9.08. The molecule has 0 amide bonds. The highest BCUT2D eigenvalue weighted by atomic mass is 32.2. The van der Waals surface area contributed by atoms with Crippen molar-refractivity contribution >= 4 is 17.7 Å². The summed E-state index contributed by atoms with van der Waals surface area (Å²) in [6.07, 6.45) is 3.42. The van der Waals surface area contributed by atoms with Gasteiger partial charge in [-0.3, -0.25) is 4.79 Å². The molecule has 0 saturated carbocycles. The van der Waals surface area contributed by atoms with Gasteiger partial charge < -0.3 is 18.9 Å². The molecule has 41 heavy (non-hydrogen) atoms. The van der Waals surface area contributed by atoms with E-state index in [0.29, 0.717) is 36.7 Å². The Hall–Kier alpha value is -3.19. The van der Waals surface area contributed by atoms with Crippen LogP contribution in [0.25, 0.3) is 11.1 Å². The highest BCUT2D eigenvalue weighted by Crippen LogP contribution is 2.45. The molecule has 0 aromatic heterocycles. The molecule has 3 aromatic rings. The fourth-order valence-electron chi connectivity index (χ4n) is 6.12. The van der Waals surface area contributed by atoms with E-state index in [9.17, 15) is 4.79 Å². The van der Waals surface area contributed by atoms with E-state index in [2.05, 4.69) is 46.1 Å². The van der Waals surface area contributed by atoms with E-state index in [0.717, 1.165) is 51.3 Å². The molecule has 2 aliphatic rings. The van der Waals surface area contributed by atoms with Gasteiger partial charge in [0.25, 0.3) is 0 Å². The number of carbonyl (C=O) groups excluding carboxylic acids is 1. The van der Waals surface area contributed by atoms with Crippen LogP contribution in [0.5, 0.6) is 17.2 Å². The number of thioether (sulfide) groups is 1. The summed E-state index contributed by atoms with van der Waals surface area (Å²) in [5, 5.41) is 0. The van der Waals surface area contributed by atoms with Crippen LogP contribution in [0.3, 0.4) is 0 Å². The fraction of sp³-hybridized carbons (Fsp3) is 0.441. The Bertz CT molecular complexity index is 1430. The molecule has 1 aliphatic heterocycles. The topological polar surface area (TPSA) is 54.0 Å². The molecule has 218 valence electrons. The van der Waals surface area contributed by atoms with E-state index in [4.69, 9.17) is 18.9 Å². The van der Waals surface area contributed by atoms with E-state index in [1.54, 1.807) is 6.07 Å². The highest BCUT2D eigenvalue weighted by Gasteiger charge is 2.32. The standard InChI is InChI=1S/C34H39FO5S/c1-20-13-24(39-18-34(3,4)19-41-6)14-21(2)32(20)26-9-11-28(35)33-27(26)10-12-29(33)40-23-7-8-25-22(15-31(36)37-5)17-38-30(25)16-23/h7-9,11,13-14,16,22,29H,10,12,15,17-19H2,1-6H3/t22-,29-/m1/s1. The third kappa shape index (κ3) is 6.20. The maximum atomic E-state index is 15.3. The van der Waals surface area contributed by atoms with E-state index in [1.165, 1.54) is 7.11 Å². The number of hydrogen-bond donors (Lipinski definition) is 0. The van der Waals surface area contributed by atoms with E-state index >= 15 is 4.39 Å². The van der Waals surface area contributed by atoms with Gasteiger partial charge in [0.1, 0.15) is 29.2 Å². The number of halogens is 1. The van der Waals surface area contributed by atoms with Crippen LogP contribution < -0.4 is 14.2 Å². The maximum absolute atomic E-state index is 15.3. The predicted octanol–water partition coefficient (Wildman–Crippen LogP) is 7.98. The number of hydrogen-bond acceptors (Lipinski definition) is 6. The van der Waals surface area contributed by atoms with Gasteiger partial charge >= 0.3 is 5.97 Å². The molecule has 7 heteroatoms. The summed E-state index contributed by atoms with van der Waals surface area (Å²) >= 11 is 1.83. The lowest BCUT2D eigenvalue weighted by Crippen LogP contribution is -2.24. The first-order valence-electron chi connectivity index (χ1n) is 14.1. The maximum Gasteiger partial charge on any atom is 0.306 e. The van der Waals surface area contributed by atoms with E-state index in [1.807, 2.05) is 36.0 Å². The third-order valence-electron chi connectivity index (χ3n) is 8.01. The second kappa shape index (κ2) is 12.0. The lowest BCUT2D eigenvalue weighted by Gasteiger charge is -2.24. The molecular weight excluding hydrogens is 539 g/mol. The number of fused-ring (bicyclic) bond motifs is 2. The average molecular weight is 579 g/mol. The van der Waals surface area contributed by atoms with Crippen LogP contribution in [0.1, 0.15) is 66.5 Å². The minimum Gasteiger partial charge on any atom is -0.493 e. The Morgan fingerprint density at radius 1 is 1.10 bits per heavy atom. The summed E-state index contributed by atoms with van der Waals surface area (Å²) in [6.45, 7) is 9.70. The van der Waals surface area contributed by atoms with Gasteiger partial charge in [-0.25, -0.2) is 4.39 Å². The molecule has 0 bridgehead atoms. The zero-order valence-electron chi connectivity index (χ0n) is 24.8. The van der Waals surface area contributed by atoms with Crippen LogP contribution in [0.2, 0.25) is 0 Å². The number of esters is 1. The summed E-state index contributed by atoms with van der Waals surface area (Å²) in [6, 6.07) is 13.3. The van der Waals surface area contributed by atoms with E-state index < -0.39 is 6.10 Å². The molecule has 1 heterocycles. The van der Waals surface area contributed by atoms with E-state index in [-0.39, 0.29) is 29.5 Å². The van der Waals surface area contributed by atoms with Gasteiger partial charge in [0.15, 0.2) is 0 Å². The normalized spacial score (nSPS) is 17.5. The second-order valence-electron chi connectivity index (χ2n) is 11.9. The number of carbonyl (C=O) groups is 1. The first-order chi connectivity index (χ1) is 19.6. The molecule has 0 radical (unpaired) electrons. The second-order valence-corrected chi connectivity index (χ2v) is 12.8. The molecule has 5 rings (SSSR count). The van der Waals surface area contributed by atoms with Crippen LogP contribution in [-0.2, 0) is 16.0 Å². The van der Waals surface area contributed by atoms with Crippen LogP contribution in [0.4, 0.5) is 4.39 Å². The molecule has 5 nitrogen and oxygen atoms in total. The zero-order valence-corrected chi connectivity index (χ0v) is 25.6. The summed E-state index contributed by atoms with van der Waals surface area (Å²) in [5.41, 5.74) is 7.09. The van der Waals surface area contributed by atoms with Crippen LogP contribution in [-0.4, -0.2) is 38.3 Å². The van der Waals surface area contributed by atoms with Crippen LogP contribution >= 0.6 is 11.8 Å². The van der Waals surface area contributed by atoms with Gasteiger partial charge in [-0.1, -0.05) is 26.0 Å².